The predicted octanol–water partition coefficient (Wildman–Crippen LogP) is 8.20. The molecule has 1 saturated carbocycles. The van der Waals surface area contributed by atoms with Gasteiger partial charge in [0.15, 0.2) is 0 Å². The number of esters is 2. The normalized spacial score (nSPS) is 16.0. The summed E-state index contributed by atoms with van der Waals surface area (Å²) in [5.41, 5.74) is 0. The van der Waals surface area contributed by atoms with Crippen LogP contribution >= 0.6 is 0 Å². The molecule has 0 aromatic heterocycles. The Morgan fingerprint density at radius 1 is 0.500 bits per heavy atom. The third-order valence-electron chi connectivity index (χ3n) is 7.32. The molecular weight excluding hydrogens is 568 g/mol. The lowest BCUT2D eigenvalue weighted by Crippen LogP contribution is -2.30. The molecule has 0 atom stereocenters. The largest absolute Gasteiger partial charge is 0.513 e. The Bertz CT molecular complexity index is 1070. The molecule has 3 rings (SSSR count). The maximum Gasteiger partial charge on any atom is 0.513 e. The first-order valence-electron chi connectivity index (χ1n) is 15.7. The summed E-state index contributed by atoms with van der Waals surface area (Å²) in [5.74, 6) is -0.144. The first kappa shape index (κ1) is 34.4. The molecule has 0 bridgehead atoms. The van der Waals surface area contributed by atoms with Crippen LogP contribution in [0.2, 0.25) is 0 Å². The Hall–Kier alpha value is -4.08. The zero-order valence-corrected chi connectivity index (χ0v) is 25.8. The van der Waals surface area contributed by atoms with Crippen molar-refractivity contribution < 1.29 is 47.6 Å². The number of ether oxygens (including phenoxy) is 6. The van der Waals surface area contributed by atoms with Crippen molar-refractivity contribution in [3.8, 4) is 23.0 Å². The molecule has 2 aromatic carbocycles. The van der Waals surface area contributed by atoms with Crippen molar-refractivity contribution in [1.82, 2.24) is 0 Å². The van der Waals surface area contributed by atoms with Crippen molar-refractivity contribution in [2.75, 3.05) is 13.2 Å². The van der Waals surface area contributed by atoms with Gasteiger partial charge in [-0.05, 0) is 87.1 Å². The zero-order valence-electron chi connectivity index (χ0n) is 25.8. The number of rotatable bonds is 16. The second-order valence-corrected chi connectivity index (χ2v) is 10.9. The lowest BCUT2D eigenvalue weighted by molar-refractivity contribution is -0.145. The maximum absolute atomic E-state index is 12.7. The van der Waals surface area contributed by atoms with Crippen molar-refractivity contribution in [3.05, 3.63) is 48.5 Å². The van der Waals surface area contributed by atoms with Gasteiger partial charge < -0.3 is 28.4 Å². The molecule has 0 spiro atoms. The quantitative estimate of drug-likeness (QED) is 0.0793. The molecule has 1 aliphatic carbocycles. The van der Waals surface area contributed by atoms with Crippen LogP contribution in [0.3, 0.4) is 0 Å². The Morgan fingerprint density at radius 3 is 1.14 bits per heavy atom. The van der Waals surface area contributed by atoms with Crippen LogP contribution in [0.25, 0.3) is 0 Å². The van der Waals surface area contributed by atoms with Gasteiger partial charge in [0.2, 0.25) is 0 Å². The van der Waals surface area contributed by atoms with Crippen molar-refractivity contribution >= 4 is 24.2 Å². The summed E-state index contributed by atoms with van der Waals surface area (Å²) >= 11 is 0. The van der Waals surface area contributed by atoms with Gasteiger partial charge in [0.1, 0.15) is 23.0 Å². The summed E-state index contributed by atoms with van der Waals surface area (Å²) in [6.07, 6.45) is 8.45. The smallest absolute Gasteiger partial charge is 0.434 e. The van der Waals surface area contributed by atoms with E-state index in [1.807, 2.05) is 0 Å². The average Bonchev–Trinajstić information content (AvgIpc) is 3.03. The molecule has 44 heavy (non-hydrogen) atoms. The Balaban J connectivity index is 1.34. The topological polar surface area (TPSA) is 124 Å². The van der Waals surface area contributed by atoms with Crippen LogP contribution in [0.5, 0.6) is 23.0 Å². The summed E-state index contributed by atoms with van der Waals surface area (Å²) < 4.78 is 31.4. The van der Waals surface area contributed by atoms with Gasteiger partial charge in [-0.1, -0.05) is 52.4 Å². The molecule has 0 heterocycles. The molecule has 0 radical (unpaired) electrons. The number of hydrogen-bond donors (Lipinski definition) is 0. The fourth-order valence-electron chi connectivity index (χ4n) is 4.74. The van der Waals surface area contributed by atoms with Crippen molar-refractivity contribution in [3.63, 3.8) is 0 Å². The highest BCUT2D eigenvalue weighted by atomic mass is 16.7. The molecule has 240 valence electrons. The monoisotopic (exact) mass is 612 g/mol. The molecule has 10 heteroatoms. The van der Waals surface area contributed by atoms with Crippen LogP contribution in [0, 0.1) is 11.8 Å². The Labute approximate surface area is 259 Å². The van der Waals surface area contributed by atoms with E-state index in [4.69, 9.17) is 28.4 Å². The van der Waals surface area contributed by atoms with E-state index in [-0.39, 0.29) is 23.8 Å². The van der Waals surface area contributed by atoms with Gasteiger partial charge in [-0.25, -0.2) is 9.59 Å². The molecule has 0 saturated heterocycles. The van der Waals surface area contributed by atoms with E-state index in [2.05, 4.69) is 13.8 Å². The minimum atomic E-state index is -0.766. The number of hydrogen-bond acceptors (Lipinski definition) is 10. The average molecular weight is 613 g/mol. The second-order valence-electron chi connectivity index (χ2n) is 10.9. The number of carbonyl (C=O) groups excluding carboxylic acids is 4. The van der Waals surface area contributed by atoms with Crippen LogP contribution < -0.4 is 18.9 Å². The maximum atomic E-state index is 12.7. The highest BCUT2D eigenvalue weighted by Gasteiger charge is 2.32. The van der Waals surface area contributed by atoms with Gasteiger partial charge in [0.25, 0.3) is 0 Å². The van der Waals surface area contributed by atoms with Crippen LogP contribution in [-0.4, -0.2) is 37.5 Å². The molecule has 0 N–H and O–H groups in total. The van der Waals surface area contributed by atoms with Gasteiger partial charge in [-0.3, -0.25) is 9.59 Å². The summed E-state index contributed by atoms with van der Waals surface area (Å²) in [6.45, 7) is 4.85. The van der Waals surface area contributed by atoms with Crippen molar-refractivity contribution in [2.24, 2.45) is 11.8 Å². The number of carbonyl (C=O) groups is 4. The number of unbranched alkanes of at least 4 members (excludes halogenated alkanes) is 6. The van der Waals surface area contributed by atoms with Crippen LogP contribution in [-0.2, 0) is 19.1 Å². The van der Waals surface area contributed by atoms with Crippen LogP contribution in [0.15, 0.2) is 48.5 Å². The SMILES string of the molecule is CCCCCCOC(=O)Oc1ccc(OC(=O)C2CCC(C(=O)Oc3ccc(OC(=O)OCCCCCC)cc3)CC2)cc1. The minimum Gasteiger partial charge on any atom is -0.434 e. The molecular formula is C34H44O10. The fraction of sp³-hybridized carbons (Fsp3) is 0.529. The molecule has 0 unspecified atom stereocenters. The molecule has 0 amide bonds. The summed E-state index contributed by atoms with van der Waals surface area (Å²) in [6, 6.07) is 12.4. The highest BCUT2D eigenvalue weighted by molar-refractivity contribution is 5.78. The Morgan fingerprint density at radius 2 is 0.818 bits per heavy atom. The van der Waals surface area contributed by atoms with E-state index in [1.54, 1.807) is 24.3 Å². The fourth-order valence-corrected chi connectivity index (χ4v) is 4.74. The predicted molar refractivity (Wildman–Crippen MR) is 162 cm³/mol. The van der Waals surface area contributed by atoms with Crippen molar-refractivity contribution in [1.29, 1.82) is 0 Å². The van der Waals surface area contributed by atoms with Crippen LogP contribution in [0.4, 0.5) is 9.59 Å². The van der Waals surface area contributed by atoms with E-state index >= 15 is 0 Å². The van der Waals surface area contributed by atoms with Crippen LogP contribution in [0.1, 0.15) is 90.9 Å². The molecule has 1 fully saturated rings. The van der Waals surface area contributed by atoms with Gasteiger partial charge >= 0.3 is 24.2 Å². The minimum absolute atomic E-state index is 0.292. The van der Waals surface area contributed by atoms with E-state index in [1.165, 1.54) is 24.3 Å². The summed E-state index contributed by atoms with van der Waals surface area (Å²) in [4.78, 5) is 49.0. The zero-order chi connectivity index (χ0) is 31.6. The van der Waals surface area contributed by atoms with Gasteiger partial charge in [0.05, 0.1) is 25.0 Å². The van der Waals surface area contributed by atoms with Gasteiger partial charge in [0, 0.05) is 0 Å². The number of benzene rings is 2. The molecule has 2 aromatic rings. The lowest BCUT2D eigenvalue weighted by Gasteiger charge is -2.25. The molecule has 10 nitrogen and oxygen atoms in total. The highest BCUT2D eigenvalue weighted by Crippen LogP contribution is 2.32. The van der Waals surface area contributed by atoms with E-state index in [0.29, 0.717) is 61.9 Å². The standard InChI is InChI=1S/C34H44O10/c1-3-5-7-9-23-39-33(37)43-29-19-15-27(16-20-29)41-31(35)25-11-13-26(14-12-25)32(36)42-28-17-21-30(22-18-28)44-34(38)40-24-10-8-6-4-2/h15-22,25-26H,3-14,23-24H2,1-2H3. The van der Waals surface area contributed by atoms with Gasteiger partial charge in [-0.2, -0.15) is 0 Å². The van der Waals surface area contributed by atoms with E-state index < -0.39 is 12.3 Å². The van der Waals surface area contributed by atoms with E-state index in [0.717, 1.165) is 51.4 Å². The third kappa shape index (κ3) is 12.7. The van der Waals surface area contributed by atoms with E-state index in [9.17, 15) is 19.2 Å². The summed E-state index contributed by atoms with van der Waals surface area (Å²) in [5, 5.41) is 0. The molecule has 0 aliphatic heterocycles. The summed E-state index contributed by atoms with van der Waals surface area (Å²) in [7, 11) is 0. The lowest BCUT2D eigenvalue weighted by atomic mass is 9.82. The first-order valence-corrected chi connectivity index (χ1v) is 15.7. The third-order valence-corrected chi connectivity index (χ3v) is 7.32. The Kier molecular flexibility index (Phi) is 15.1. The van der Waals surface area contributed by atoms with Crippen molar-refractivity contribution in [2.45, 2.75) is 90.9 Å². The first-order chi connectivity index (χ1) is 21.4. The van der Waals surface area contributed by atoms with Gasteiger partial charge in [-0.15, -0.1) is 0 Å². The second kappa shape index (κ2) is 19.2. The molecule has 1 aliphatic rings.